The summed E-state index contributed by atoms with van der Waals surface area (Å²) < 4.78 is 73.2. The van der Waals surface area contributed by atoms with E-state index < -0.39 is 32.4 Å². The van der Waals surface area contributed by atoms with Crippen molar-refractivity contribution in [3.8, 4) is 0 Å². The Bertz CT molecular complexity index is 48.5. The van der Waals surface area contributed by atoms with Gasteiger partial charge in [-0.2, -0.15) is 13.5 Å². The van der Waals surface area contributed by atoms with Gasteiger partial charge in [-0.1, -0.05) is 0 Å². The molecule has 86 valence electrons. The predicted molar refractivity (Wildman–Crippen MR) is 14.8 cm³/mol. The minimum atomic E-state index is -2.85. The zero-order chi connectivity index (χ0) is 10.7. The zero-order valence-corrected chi connectivity index (χ0v) is 12.8. The Hall–Kier alpha value is 2.50. The van der Waals surface area contributed by atoms with Gasteiger partial charge >= 0.3 is 51.4 Å². The molecule has 0 saturated heterocycles. The maximum Gasteiger partial charge on any atom is 1.00 e. The molecule has 9 nitrogen and oxygen atoms in total. The van der Waals surface area contributed by atoms with E-state index in [9.17, 15) is 0 Å². The number of hydrogen-bond acceptors (Lipinski definition) is 9. The van der Waals surface area contributed by atoms with Crippen molar-refractivity contribution in [1.82, 2.24) is 0 Å². The van der Waals surface area contributed by atoms with Crippen molar-refractivity contribution in [3.05, 3.63) is 0 Å². The second kappa shape index (κ2) is 24.6. The molecular weight excluding hydrogens is 322 g/mol. The minimum Gasteiger partial charge on any atom is -0.357 e. The zero-order valence-electron chi connectivity index (χ0n) is 6.39. The van der Waals surface area contributed by atoms with Gasteiger partial charge in [0.25, 0.3) is 21.6 Å². The molecule has 0 rings (SSSR count). The first kappa shape index (κ1) is 30.0. The topological polar surface area (TPSA) is 202 Å². The smallest absolute Gasteiger partial charge is 0.357 e. The molecule has 0 amide bonds. The first-order valence-corrected chi connectivity index (χ1v) is 4.25. The molecule has 0 aliphatic carbocycles. The van der Waals surface area contributed by atoms with E-state index in [-0.39, 0.29) is 64.9 Å². The Balaban J connectivity index is -0.0000000270. The molecule has 14 heavy (non-hydrogen) atoms. The fourth-order valence-electron chi connectivity index (χ4n) is 0. The molecule has 0 bridgehead atoms. The molecule has 0 aliphatic heterocycles. The maximum absolute atomic E-state index is 8.52. The van der Waals surface area contributed by atoms with Crippen molar-refractivity contribution in [3.63, 3.8) is 0 Å². The summed E-state index contributed by atoms with van der Waals surface area (Å²) in [6.45, 7) is 0. The SMILES string of the molecule is S.[K+].[O-][Cl+2]([O-])O.[O-][Cl+2]([O-])O.[O-][Cl+2]([O-])[O-]. The molecule has 0 saturated carbocycles. The molecule has 0 aliphatic rings. The maximum atomic E-state index is 8.52. The molecular formula is H4Cl3KO9S. The summed E-state index contributed by atoms with van der Waals surface area (Å²) in [5.74, 6) is 0. The van der Waals surface area contributed by atoms with E-state index in [1.807, 2.05) is 0 Å². The second-order valence-electron chi connectivity index (χ2n) is 0.591. The molecule has 0 fully saturated rings. The fourth-order valence-corrected chi connectivity index (χ4v) is 0. The van der Waals surface area contributed by atoms with Gasteiger partial charge in [0.05, 0.1) is 10.8 Å². The molecule has 0 aromatic carbocycles. The van der Waals surface area contributed by atoms with Crippen LogP contribution >= 0.6 is 13.5 Å². The Kier molecular flexibility index (Phi) is 52.8. The Morgan fingerprint density at radius 2 is 0.643 bits per heavy atom. The minimum absolute atomic E-state index is 0. The van der Waals surface area contributed by atoms with Crippen LogP contribution in [0.5, 0.6) is 0 Å². The summed E-state index contributed by atoms with van der Waals surface area (Å²) >= 11 is 0. The van der Waals surface area contributed by atoms with Crippen molar-refractivity contribution in [1.29, 1.82) is 0 Å². The third kappa shape index (κ3) is 424. The van der Waals surface area contributed by atoms with E-state index in [0.717, 1.165) is 0 Å². The third-order valence-electron chi connectivity index (χ3n) is 0. The van der Waals surface area contributed by atoms with Gasteiger partial charge in [0.15, 0.2) is 0 Å². The largest absolute Gasteiger partial charge is 1.00 e. The Morgan fingerprint density at radius 3 is 0.643 bits per heavy atom. The van der Waals surface area contributed by atoms with Crippen LogP contribution in [-0.4, -0.2) is 9.32 Å². The van der Waals surface area contributed by atoms with Gasteiger partial charge in [-0.15, -0.1) is 0 Å². The molecule has 0 radical (unpaired) electrons. The molecule has 0 unspecified atom stereocenters. The van der Waals surface area contributed by atoms with Crippen LogP contribution in [0.15, 0.2) is 0 Å². The Morgan fingerprint density at radius 1 is 0.643 bits per heavy atom. The standard InChI is InChI=1S/2ClHO3.ClO3.K.H2S/c3*2-1(3)4;;/h2*2H;;;1H2/q;;-1;+1;. The van der Waals surface area contributed by atoms with E-state index in [1.165, 1.54) is 0 Å². The van der Waals surface area contributed by atoms with Crippen LogP contribution in [0, 0.1) is 32.4 Å². The van der Waals surface area contributed by atoms with E-state index in [0.29, 0.717) is 0 Å². The van der Waals surface area contributed by atoms with Gasteiger partial charge < -0.3 is 32.6 Å². The monoisotopic (exact) mass is 324 g/mol. The van der Waals surface area contributed by atoms with Crippen molar-refractivity contribution in [2.45, 2.75) is 0 Å². The van der Waals surface area contributed by atoms with Crippen LogP contribution in [0.3, 0.4) is 0 Å². The average molecular weight is 326 g/mol. The summed E-state index contributed by atoms with van der Waals surface area (Å²) in [5, 5.41) is 0. The normalized spacial score (nSPS) is 7.71. The quantitative estimate of drug-likeness (QED) is 0.405. The molecule has 0 aromatic rings. The van der Waals surface area contributed by atoms with E-state index in [2.05, 4.69) is 0 Å². The molecule has 0 atom stereocenters. The second-order valence-corrected chi connectivity index (χ2v) is 1.77. The van der Waals surface area contributed by atoms with Gasteiger partial charge in [-0.3, -0.25) is 0 Å². The first-order valence-electron chi connectivity index (χ1n) is 1.42. The number of hydrogen-bond donors (Lipinski definition) is 2. The van der Waals surface area contributed by atoms with E-state index in [1.54, 1.807) is 0 Å². The van der Waals surface area contributed by atoms with Crippen molar-refractivity contribution >= 4 is 13.5 Å². The Labute approximate surface area is 137 Å². The number of halogens is 3. The summed E-state index contributed by atoms with van der Waals surface area (Å²) in [5.41, 5.74) is 0. The van der Waals surface area contributed by atoms with Crippen molar-refractivity contribution < 1.29 is 126 Å². The van der Waals surface area contributed by atoms with Crippen LogP contribution in [0.4, 0.5) is 0 Å². The first-order chi connectivity index (χ1) is 5.20. The predicted octanol–water partition coefficient (Wildman–Crippen LogP) is -12.3. The van der Waals surface area contributed by atoms with E-state index in [4.69, 9.17) is 41.9 Å². The van der Waals surface area contributed by atoms with E-state index >= 15 is 0 Å². The fraction of sp³-hybridized carbons (Fsp3) is 0. The summed E-state index contributed by atoms with van der Waals surface area (Å²) in [6, 6.07) is 0. The van der Waals surface area contributed by atoms with Crippen LogP contribution in [0.25, 0.3) is 0 Å². The molecule has 0 spiro atoms. The van der Waals surface area contributed by atoms with Gasteiger partial charge in [0.2, 0.25) is 0 Å². The van der Waals surface area contributed by atoms with Crippen LogP contribution in [-0.2, 0) is 0 Å². The average Bonchev–Trinajstić information content (AvgIpc) is 1.54. The van der Waals surface area contributed by atoms with Crippen molar-refractivity contribution in [2.24, 2.45) is 0 Å². The molecule has 0 heterocycles. The van der Waals surface area contributed by atoms with Crippen LogP contribution in [0.2, 0.25) is 0 Å². The summed E-state index contributed by atoms with van der Waals surface area (Å²) in [4.78, 5) is 0. The molecule has 0 aromatic heterocycles. The van der Waals surface area contributed by atoms with Gasteiger partial charge in [-0.05, 0) is 0 Å². The third-order valence-corrected chi connectivity index (χ3v) is 0. The van der Waals surface area contributed by atoms with Crippen LogP contribution < -0.4 is 84.0 Å². The summed E-state index contributed by atoms with van der Waals surface area (Å²) in [6.07, 6.45) is 0. The number of rotatable bonds is 0. The van der Waals surface area contributed by atoms with Crippen molar-refractivity contribution in [2.75, 3.05) is 0 Å². The van der Waals surface area contributed by atoms with Gasteiger partial charge in [0.1, 0.15) is 0 Å². The van der Waals surface area contributed by atoms with Gasteiger partial charge in [0, 0.05) is 9.32 Å². The molecule has 2 N–H and O–H groups in total. The van der Waals surface area contributed by atoms with Gasteiger partial charge in [-0.25, -0.2) is 0 Å². The summed E-state index contributed by atoms with van der Waals surface area (Å²) in [7, 11) is -8.06. The van der Waals surface area contributed by atoms with Crippen LogP contribution in [0.1, 0.15) is 0 Å². The molecule has 14 heteroatoms.